The molecule has 82 valence electrons. The lowest BCUT2D eigenvalue weighted by Gasteiger charge is -2.24. The van der Waals surface area contributed by atoms with Gasteiger partial charge in [-0.15, -0.1) is 0 Å². The maximum Gasteiger partial charge on any atom is 0.281 e. The van der Waals surface area contributed by atoms with Crippen LogP contribution in [0.5, 0.6) is 0 Å². The molecule has 0 aliphatic rings. The van der Waals surface area contributed by atoms with Crippen LogP contribution < -0.4 is 11.5 Å². The van der Waals surface area contributed by atoms with Crippen molar-refractivity contribution in [2.45, 2.75) is 25.0 Å². The molecule has 1 rings (SSSR count). The molecular weight excluding hydrogens is 194 g/mol. The van der Waals surface area contributed by atoms with E-state index in [1.807, 2.05) is 30.3 Å². The van der Waals surface area contributed by atoms with Gasteiger partial charge in [-0.2, -0.15) is 0 Å². The van der Waals surface area contributed by atoms with Crippen LogP contribution in [0.2, 0.25) is 0 Å². The minimum absolute atomic E-state index is 0.385. The van der Waals surface area contributed by atoms with Gasteiger partial charge in [-0.25, -0.2) is 0 Å². The molecule has 0 aromatic heterocycles. The van der Waals surface area contributed by atoms with Crippen molar-refractivity contribution in [2.75, 3.05) is 0 Å². The largest absolute Gasteiger partial charge is 0.318 e. The summed E-state index contributed by atoms with van der Waals surface area (Å²) in [6, 6.07) is 9.35. The highest BCUT2D eigenvalue weighted by Gasteiger charge is 2.36. The first-order chi connectivity index (χ1) is 6.93. The van der Waals surface area contributed by atoms with E-state index in [1.165, 1.54) is 0 Å². The van der Waals surface area contributed by atoms with Crippen LogP contribution in [0.3, 0.4) is 0 Å². The highest BCUT2D eigenvalue weighted by atomic mass is 16.6. The average molecular weight is 209 g/mol. The Morgan fingerprint density at radius 2 is 2.00 bits per heavy atom. The Morgan fingerprint density at radius 1 is 1.47 bits per heavy atom. The van der Waals surface area contributed by atoms with Gasteiger partial charge in [0.15, 0.2) is 0 Å². The SMILES string of the molecule is CC(N)(Cc1ccccc1)C(N)[N+](=O)[O-]. The Hall–Kier alpha value is -1.46. The molecule has 0 bridgehead atoms. The summed E-state index contributed by atoms with van der Waals surface area (Å²) in [5.74, 6) is 0. The molecule has 0 saturated carbocycles. The van der Waals surface area contributed by atoms with Gasteiger partial charge >= 0.3 is 0 Å². The molecule has 4 N–H and O–H groups in total. The summed E-state index contributed by atoms with van der Waals surface area (Å²) in [6.07, 6.45) is -0.867. The minimum Gasteiger partial charge on any atom is -0.318 e. The van der Waals surface area contributed by atoms with Crippen molar-refractivity contribution >= 4 is 0 Å². The van der Waals surface area contributed by atoms with E-state index >= 15 is 0 Å². The zero-order valence-corrected chi connectivity index (χ0v) is 8.59. The second-order valence-corrected chi connectivity index (χ2v) is 3.90. The van der Waals surface area contributed by atoms with Gasteiger partial charge in [0.2, 0.25) is 0 Å². The number of hydrogen-bond acceptors (Lipinski definition) is 4. The third-order valence-electron chi connectivity index (χ3n) is 2.33. The van der Waals surface area contributed by atoms with Gasteiger partial charge in [0.25, 0.3) is 6.17 Å². The zero-order chi connectivity index (χ0) is 11.5. The van der Waals surface area contributed by atoms with Crippen molar-refractivity contribution in [1.82, 2.24) is 0 Å². The van der Waals surface area contributed by atoms with Gasteiger partial charge in [0.1, 0.15) is 0 Å². The quantitative estimate of drug-likeness (QED) is 0.429. The van der Waals surface area contributed by atoms with Crippen molar-refractivity contribution in [2.24, 2.45) is 11.5 Å². The molecule has 15 heavy (non-hydrogen) atoms. The molecule has 0 fully saturated rings. The van der Waals surface area contributed by atoms with Crippen LogP contribution in [-0.2, 0) is 6.42 Å². The summed E-state index contributed by atoms with van der Waals surface area (Å²) < 4.78 is 0. The van der Waals surface area contributed by atoms with Gasteiger partial charge in [-0.05, 0) is 18.9 Å². The minimum atomic E-state index is -1.25. The van der Waals surface area contributed by atoms with E-state index in [9.17, 15) is 10.1 Å². The molecule has 5 nitrogen and oxygen atoms in total. The number of nitrogens with zero attached hydrogens (tertiary/aromatic N) is 1. The lowest BCUT2D eigenvalue weighted by Crippen LogP contribution is -2.58. The molecule has 0 aliphatic heterocycles. The molecule has 0 radical (unpaired) electrons. The van der Waals surface area contributed by atoms with Crippen LogP contribution in [0, 0.1) is 10.1 Å². The summed E-state index contributed by atoms with van der Waals surface area (Å²) in [4.78, 5) is 9.98. The Kier molecular flexibility index (Phi) is 3.39. The summed E-state index contributed by atoms with van der Waals surface area (Å²) in [6.45, 7) is 1.59. The highest BCUT2D eigenvalue weighted by Crippen LogP contribution is 2.13. The van der Waals surface area contributed by atoms with Crippen LogP contribution in [0.15, 0.2) is 30.3 Å². The fourth-order valence-electron chi connectivity index (χ4n) is 1.38. The molecule has 1 aromatic carbocycles. The first-order valence-corrected chi connectivity index (χ1v) is 4.65. The topological polar surface area (TPSA) is 95.2 Å². The van der Waals surface area contributed by atoms with E-state index in [0.29, 0.717) is 6.42 Å². The van der Waals surface area contributed by atoms with Crippen molar-refractivity contribution < 1.29 is 4.92 Å². The lowest BCUT2D eigenvalue weighted by atomic mass is 9.91. The van der Waals surface area contributed by atoms with Crippen molar-refractivity contribution in [3.05, 3.63) is 46.0 Å². The van der Waals surface area contributed by atoms with E-state index in [1.54, 1.807) is 6.92 Å². The van der Waals surface area contributed by atoms with Crippen molar-refractivity contribution in [3.63, 3.8) is 0 Å². The standard InChI is InChI=1S/C10H15N3O2/c1-10(12,9(11)13(14)15)7-8-5-3-2-4-6-8/h2-6,9H,7,11-12H2,1H3. The summed E-state index contributed by atoms with van der Waals surface area (Å²) in [5.41, 5.74) is 11.2. The van der Waals surface area contributed by atoms with E-state index < -0.39 is 16.6 Å². The maximum absolute atomic E-state index is 10.5. The van der Waals surface area contributed by atoms with Gasteiger partial charge < -0.3 is 5.73 Å². The van der Waals surface area contributed by atoms with Gasteiger partial charge in [0, 0.05) is 4.92 Å². The number of hydrogen-bond donors (Lipinski definition) is 2. The molecule has 5 heteroatoms. The van der Waals surface area contributed by atoms with E-state index in [4.69, 9.17) is 11.5 Å². The molecule has 0 spiro atoms. The first-order valence-electron chi connectivity index (χ1n) is 4.65. The molecule has 0 heterocycles. The van der Waals surface area contributed by atoms with Crippen LogP contribution in [0.4, 0.5) is 0 Å². The fourth-order valence-corrected chi connectivity index (χ4v) is 1.38. The molecule has 1 aromatic rings. The highest BCUT2D eigenvalue weighted by molar-refractivity contribution is 5.17. The normalized spacial score (nSPS) is 16.7. The fraction of sp³-hybridized carbons (Fsp3) is 0.400. The molecule has 0 aliphatic carbocycles. The monoisotopic (exact) mass is 209 g/mol. The third-order valence-corrected chi connectivity index (χ3v) is 2.33. The Morgan fingerprint density at radius 3 is 2.47 bits per heavy atom. The van der Waals surface area contributed by atoms with E-state index in [-0.39, 0.29) is 0 Å². The van der Waals surface area contributed by atoms with Crippen LogP contribution in [0.1, 0.15) is 12.5 Å². The molecule has 0 saturated heterocycles. The first kappa shape index (κ1) is 11.6. The van der Waals surface area contributed by atoms with Crippen molar-refractivity contribution in [1.29, 1.82) is 0 Å². The summed E-state index contributed by atoms with van der Waals surface area (Å²) in [7, 11) is 0. The zero-order valence-electron chi connectivity index (χ0n) is 8.59. The number of rotatable bonds is 4. The number of nitrogens with two attached hydrogens (primary N) is 2. The summed E-state index contributed by atoms with van der Waals surface area (Å²) in [5, 5.41) is 10.5. The predicted octanol–water partition coefficient (Wildman–Crippen LogP) is 0.508. The molecule has 2 atom stereocenters. The van der Waals surface area contributed by atoms with Crippen molar-refractivity contribution in [3.8, 4) is 0 Å². The van der Waals surface area contributed by atoms with Crippen LogP contribution >= 0.6 is 0 Å². The summed E-state index contributed by atoms with van der Waals surface area (Å²) >= 11 is 0. The maximum atomic E-state index is 10.5. The van der Waals surface area contributed by atoms with Gasteiger partial charge in [-0.1, -0.05) is 30.3 Å². The molecule has 2 unspecified atom stereocenters. The lowest BCUT2D eigenvalue weighted by molar-refractivity contribution is -0.531. The smallest absolute Gasteiger partial charge is 0.281 e. The van der Waals surface area contributed by atoms with E-state index in [2.05, 4.69) is 0 Å². The van der Waals surface area contributed by atoms with Gasteiger partial charge in [-0.3, -0.25) is 15.8 Å². The second-order valence-electron chi connectivity index (χ2n) is 3.90. The number of nitro groups is 1. The van der Waals surface area contributed by atoms with Crippen LogP contribution in [-0.4, -0.2) is 16.6 Å². The Labute approximate surface area is 88.2 Å². The Bertz CT molecular complexity index is 338. The van der Waals surface area contributed by atoms with Gasteiger partial charge in [0.05, 0.1) is 5.54 Å². The average Bonchev–Trinajstić information content (AvgIpc) is 2.17. The third kappa shape index (κ3) is 3.00. The number of benzene rings is 1. The Balaban J connectivity index is 2.76. The predicted molar refractivity (Wildman–Crippen MR) is 57.7 cm³/mol. The van der Waals surface area contributed by atoms with Crippen LogP contribution in [0.25, 0.3) is 0 Å². The molecular formula is C10H15N3O2. The second kappa shape index (κ2) is 4.37. The van der Waals surface area contributed by atoms with E-state index in [0.717, 1.165) is 5.56 Å². The molecule has 0 amide bonds.